The van der Waals surface area contributed by atoms with Crippen LogP contribution in [0.15, 0.2) is 71.8 Å². The molecule has 3 heterocycles. The molecule has 0 radical (unpaired) electrons. The lowest BCUT2D eigenvalue weighted by Crippen LogP contribution is -2.67. The van der Waals surface area contributed by atoms with Crippen LogP contribution in [0.25, 0.3) is 10.8 Å². The van der Waals surface area contributed by atoms with Gasteiger partial charge in [-0.25, -0.2) is 0 Å². The van der Waals surface area contributed by atoms with Crippen molar-refractivity contribution in [3.05, 3.63) is 72.3 Å². The number of hydrogen-bond donors (Lipinski definition) is 0. The quantitative estimate of drug-likeness (QED) is 0.134. The summed E-state index contributed by atoms with van der Waals surface area (Å²) in [7, 11) is 4.17. The van der Waals surface area contributed by atoms with E-state index < -0.39 is 5.54 Å². The van der Waals surface area contributed by atoms with Crippen LogP contribution in [-0.4, -0.2) is 121 Å². The molecule has 50 heavy (non-hydrogen) atoms. The van der Waals surface area contributed by atoms with Crippen LogP contribution in [0.3, 0.4) is 0 Å². The fourth-order valence-electron chi connectivity index (χ4n) is 10.1. The first-order valence-corrected chi connectivity index (χ1v) is 19.1. The molecule has 2 aromatic carbocycles. The molecule has 3 saturated heterocycles. The Morgan fingerprint density at radius 3 is 2.58 bits per heavy atom. The molecule has 1 spiro atoms. The minimum atomic E-state index is -0.519. The third-order valence-corrected chi connectivity index (χ3v) is 12.6. The lowest BCUT2D eigenvalue weighted by molar-refractivity contribution is -0.154. The monoisotopic (exact) mass is 681 g/mol. The van der Waals surface area contributed by atoms with Crippen molar-refractivity contribution in [1.29, 1.82) is 0 Å². The molecular weight excluding hydrogens is 622 g/mol. The minimum absolute atomic E-state index is 0.0639. The van der Waals surface area contributed by atoms with Gasteiger partial charge in [-0.15, -0.1) is 0 Å². The largest absolute Gasteiger partial charge is 0.373 e. The van der Waals surface area contributed by atoms with Crippen LogP contribution in [0.2, 0.25) is 0 Å². The molecule has 3 unspecified atom stereocenters. The highest BCUT2D eigenvalue weighted by molar-refractivity contribution is 6.02. The van der Waals surface area contributed by atoms with Crippen molar-refractivity contribution in [3.63, 3.8) is 0 Å². The van der Waals surface area contributed by atoms with Crippen LogP contribution in [0.4, 0.5) is 0 Å². The Balaban J connectivity index is 0.00000103. The second-order valence-corrected chi connectivity index (χ2v) is 15.3. The molecule has 1 amide bonds. The van der Waals surface area contributed by atoms with Gasteiger partial charge in [-0.3, -0.25) is 19.5 Å². The second-order valence-electron chi connectivity index (χ2n) is 15.3. The van der Waals surface area contributed by atoms with Crippen LogP contribution < -0.4 is 0 Å². The van der Waals surface area contributed by atoms with E-state index in [0.717, 1.165) is 44.7 Å². The first-order valence-electron chi connectivity index (χ1n) is 19.1. The maximum atomic E-state index is 13.5. The third-order valence-electron chi connectivity index (χ3n) is 12.6. The number of carbonyl (C=O) groups excluding carboxylic acids is 2. The fraction of sp³-hybridized carbons (Fsp3) is 0.595. The van der Waals surface area contributed by atoms with Gasteiger partial charge < -0.3 is 19.4 Å². The van der Waals surface area contributed by atoms with E-state index in [1.807, 2.05) is 7.05 Å². The smallest absolute Gasteiger partial charge is 0.210 e. The number of amidine groups is 1. The van der Waals surface area contributed by atoms with Crippen molar-refractivity contribution in [2.75, 3.05) is 46.9 Å². The Hall–Kier alpha value is -3.33. The highest BCUT2D eigenvalue weighted by Crippen LogP contribution is 2.61. The van der Waals surface area contributed by atoms with Gasteiger partial charge in [0.1, 0.15) is 12.1 Å². The summed E-state index contributed by atoms with van der Waals surface area (Å²) >= 11 is 0. The van der Waals surface area contributed by atoms with E-state index in [2.05, 4.69) is 103 Å². The van der Waals surface area contributed by atoms with Crippen molar-refractivity contribution in [1.82, 2.24) is 19.6 Å². The zero-order chi connectivity index (χ0) is 35.4. The Morgan fingerprint density at radius 2 is 1.84 bits per heavy atom. The molecule has 8 nitrogen and oxygen atoms in total. The molecule has 270 valence electrons. The predicted octanol–water partition coefficient (Wildman–Crippen LogP) is 6.32. The number of allylic oxidation sites excluding steroid dienone is 2. The lowest BCUT2D eigenvalue weighted by atomic mass is 9.74. The molecule has 3 aliphatic heterocycles. The van der Waals surface area contributed by atoms with Crippen LogP contribution in [0.1, 0.15) is 77.2 Å². The minimum Gasteiger partial charge on any atom is -0.373 e. The van der Waals surface area contributed by atoms with E-state index in [-0.39, 0.29) is 24.0 Å². The van der Waals surface area contributed by atoms with Crippen molar-refractivity contribution in [2.45, 2.75) is 107 Å². The Kier molecular flexibility index (Phi) is 11.6. The van der Waals surface area contributed by atoms with E-state index in [9.17, 15) is 4.79 Å². The van der Waals surface area contributed by atoms with Gasteiger partial charge in [-0.05, 0) is 101 Å². The number of aldehydes is 1. The Morgan fingerprint density at radius 1 is 1.06 bits per heavy atom. The van der Waals surface area contributed by atoms with Crippen molar-refractivity contribution in [2.24, 2.45) is 10.9 Å². The number of nitrogens with zero attached hydrogens (tertiary/aromatic N) is 5. The van der Waals surface area contributed by atoms with E-state index in [0.29, 0.717) is 31.0 Å². The van der Waals surface area contributed by atoms with Gasteiger partial charge in [0.2, 0.25) is 6.41 Å². The molecule has 8 heteroatoms. The Bertz CT molecular complexity index is 1560. The van der Waals surface area contributed by atoms with Gasteiger partial charge in [0.25, 0.3) is 0 Å². The molecule has 0 aromatic heterocycles. The summed E-state index contributed by atoms with van der Waals surface area (Å²) < 4.78 is 7.11. The molecule has 2 aliphatic carbocycles. The number of benzene rings is 2. The normalized spacial score (nSPS) is 33.0. The number of likely N-dealkylation sites (tertiary alicyclic amines) is 1. The summed E-state index contributed by atoms with van der Waals surface area (Å²) in [6.45, 7) is 14.9. The van der Waals surface area contributed by atoms with Crippen LogP contribution in [0.5, 0.6) is 0 Å². The molecule has 2 bridgehead atoms. The number of carbonyl (C=O) groups is 2. The number of piperazine rings is 1. The summed E-state index contributed by atoms with van der Waals surface area (Å²) in [4.78, 5) is 37.5. The van der Waals surface area contributed by atoms with Crippen LogP contribution >= 0.6 is 0 Å². The number of likely N-dealkylation sites (N-methyl/N-ethyl adjacent to an activating group) is 1. The van der Waals surface area contributed by atoms with E-state index in [1.54, 1.807) is 0 Å². The van der Waals surface area contributed by atoms with E-state index in [1.165, 1.54) is 66.6 Å². The number of amides is 1. The maximum absolute atomic E-state index is 13.5. The number of ether oxygens (including phenoxy) is 1. The first kappa shape index (κ1) is 36.5. The molecule has 0 N–H and O–H groups in total. The van der Waals surface area contributed by atoms with E-state index in [4.69, 9.17) is 14.5 Å². The highest BCUT2D eigenvalue weighted by Gasteiger charge is 2.67. The number of piperidine rings is 1. The summed E-state index contributed by atoms with van der Waals surface area (Å²) in [5.41, 5.74) is 2.06. The molecule has 4 fully saturated rings. The van der Waals surface area contributed by atoms with Gasteiger partial charge in [0.05, 0.1) is 24.3 Å². The molecule has 1 saturated carbocycles. The van der Waals surface area contributed by atoms with E-state index >= 15 is 0 Å². The average molecular weight is 682 g/mol. The third kappa shape index (κ3) is 6.59. The number of hydrogen-bond acceptors (Lipinski definition) is 6. The topological polar surface area (TPSA) is 68.7 Å². The van der Waals surface area contributed by atoms with Gasteiger partial charge in [0.15, 0.2) is 0 Å². The zero-order valence-electron chi connectivity index (χ0n) is 31.0. The highest BCUT2D eigenvalue weighted by atomic mass is 16.5. The lowest BCUT2D eigenvalue weighted by Gasteiger charge is -2.55. The van der Waals surface area contributed by atoms with Gasteiger partial charge in [-0.1, -0.05) is 68.5 Å². The number of rotatable bonds is 9. The van der Waals surface area contributed by atoms with Crippen LogP contribution in [0, 0.1) is 5.92 Å². The van der Waals surface area contributed by atoms with Gasteiger partial charge in [-0.2, -0.15) is 0 Å². The standard InChI is InChI=1S/C39H55N5O2.C3H4O/c1-6-31-15-9-10-19-42(31)20-12-16-32-25-46-37-36(34-18-11-14-29-13-7-8-17-33(29)34)30-21-35(39(37,22-30)44(32)26-45)38(40-4)43-24-27(2)41(5)23-28(43)3;1-2-3-4/h7-8,11,13-14,17-18,21,26-28,30-32,36-37H,6,9-10,12,15-16,19-20,22-25H2,1-5H3;2-3H,1H2/t27-,28+,30?,31+,32-,36?,37?,39-;/m1./s1. The average Bonchev–Trinajstić information content (AvgIpc) is 3.67. The summed E-state index contributed by atoms with van der Waals surface area (Å²) in [5, 5.41) is 2.56. The number of fused-ring (bicyclic) bond motifs is 2. The SMILES string of the molecule is C=CC=O.CC[C@H]1CCCCN1CCC[C@@H]1COC2C(c3cccc4ccccc34)C3C=C(C(=NC)N4C[C@@H](C)N(C)C[C@@H]4C)[C@@]2(C3)N1C=O. The van der Waals surface area contributed by atoms with Crippen molar-refractivity contribution in [3.8, 4) is 0 Å². The number of morpholine rings is 1. The summed E-state index contributed by atoms with van der Waals surface area (Å²) in [5.74, 6) is 1.54. The van der Waals surface area contributed by atoms with Gasteiger partial charge >= 0.3 is 0 Å². The molecule has 8 atom stereocenters. The van der Waals surface area contributed by atoms with Gasteiger partial charge in [0, 0.05) is 49.8 Å². The zero-order valence-corrected chi connectivity index (χ0v) is 31.0. The Labute approximate surface area is 300 Å². The molecule has 7 rings (SSSR count). The predicted molar refractivity (Wildman–Crippen MR) is 204 cm³/mol. The molecule has 2 aromatic rings. The fourth-order valence-corrected chi connectivity index (χ4v) is 10.1. The van der Waals surface area contributed by atoms with Crippen molar-refractivity contribution >= 4 is 29.3 Å². The summed E-state index contributed by atoms with van der Waals surface area (Å²) in [6, 6.07) is 17.0. The van der Waals surface area contributed by atoms with Crippen molar-refractivity contribution < 1.29 is 14.3 Å². The molecule has 5 aliphatic rings. The second kappa shape index (κ2) is 15.9. The first-order chi connectivity index (χ1) is 24.3. The maximum Gasteiger partial charge on any atom is 0.210 e. The van der Waals surface area contributed by atoms with Crippen LogP contribution in [-0.2, 0) is 14.3 Å². The summed E-state index contributed by atoms with van der Waals surface area (Å²) in [6.07, 6.45) is 13.6. The number of aliphatic imine (C=N–C) groups is 1. The molecular formula is C42H59N5O3.